The molecule has 0 bridgehead atoms. The van der Waals surface area contributed by atoms with Gasteiger partial charge in [-0.25, -0.2) is 0 Å². The first kappa shape index (κ1) is 3.32. The molecule has 1 nitrogen and oxygen atoms in total. The molecule has 0 aromatic carbocycles. The summed E-state index contributed by atoms with van der Waals surface area (Å²) in [6.45, 7) is 0.932. The van der Waals surface area contributed by atoms with E-state index in [0.717, 1.165) is 6.61 Å². The molecule has 0 spiro atoms. The second-order valence-corrected chi connectivity index (χ2v) is 1.91. The summed E-state index contributed by atoms with van der Waals surface area (Å²) < 4.78 is 4.81. The van der Waals surface area contributed by atoms with E-state index < -0.39 is 0 Å². The molecule has 1 aliphatic heterocycles. The summed E-state index contributed by atoms with van der Waals surface area (Å²) in [5.41, 5.74) is 0. The normalized spacial score (nSPS) is 24.0. The molecule has 0 atom stereocenters. The van der Waals surface area contributed by atoms with Crippen molar-refractivity contribution in [1.29, 1.82) is 0 Å². The average Bonchev–Trinajstić information content (AvgIpc) is 1.76. The summed E-state index contributed by atoms with van der Waals surface area (Å²) in [4.78, 5) is 0. The maximum absolute atomic E-state index is 4.81. The Morgan fingerprint density at radius 1 is 1.80 bits per heavy atom. The number of ether oxygens (including phenoxy) is 1. The Balaban J connectivity index is 2.32. The van der Waals surface area contributed by atoms with Gasteiger partial charge in [-0.05, 0) is 0 Å². The number of hydrogen-bond donors (Lipinski definition) is 0. The fourth-order valence-electron chi connectivity index (χ4n) is 0.264. The Bertz CT molecular complexity index is 44.9. The molecule has 0 saturated carbocycles. The molecule has 28 valence electrons. The van der Waals surface area contributed by atoms with Gasteiger partial charge in [0, 0.05) is 6.16 Å². The van der Waals surface area contributed by atoms with Crippen LogP contribution in [0.15, 0.2) is 0 Å². The predicted octanol–water partition coefficient (Wildman–Crippen LogP) is 0.722. The minimum atomic E-state index is 0.932. The van der Waals surface area contributed by atoms with Crippen LogP contribution in [0.5, 0.6) is 0 Å². The topological polar surface area (TPSA) is 9.23 Å². The third-order valence-electron chi connectivity index (χ3n) is 0.487. The maximum Gasteiger partial charge on any atom is 0.0615 e. The van der Waals surface area contributed by atoms with Crippen molar-refractivity contribution < 1.29 is 4.74 Å². The van der Waals surface area contributed by atoms with Gasteiger partial charge in [0.25, 0.3) is 0 Å². The van der Waals surface area contributed by atoms with Crippen LogP contribution in [0.25, 0.3) is 0 Å². The van der Waals surface area contributed by atoms with E-state index in [2.05, 4.69) is 0 Å². The van der Waals surface area contributed by atoms with Crippen LogP contribution in [-0.2, 0) is 4.74 Å². The third kappa shape index (κ3) is 0.712. The molecule has 0 saturated heterocycles. The summed E-state index contributed by atoms with van der Waals surface area (Å²) in [7, 11) is 1.34. The lowest BCUT2D eigenvalue weighted by atomic mass is 10.9. The van der Waals surface area contributed by atoms with Gasteiger partial charge in [-0.3, -0.25) is 0 Å². The second-order valence-electron chi connectivity index (χ2n) is 0.882. The van der Waals surface area contributed by atoms with E-state index in [-0.39, 0.29) is 0 Å². The summed E-state index contributed by atoms with van der Waals surface area (Å²) in [5, 5.41) is 0. The van der Waals surface area contributed by atoms with Crippen molar-refractivity contribution in [2.75, 3.05) is 12.8 Å². The Hall–Kier alpha value is 0.130. The summed E-state index contributed by atoms with van der Waals surface area (Å²) in [6.07, 6.45) is 1.19. The molecule has 1 rings (SSSR count). The molecule has 5 heavy (non-hydrogen) atoms. The zero-order valence-corrected chi connectivity index (χ0v) is 3.74. The highest BCUT2D eigenvalue weighted by Gasteiger charge is 1.85. The standard InChI is InChI=1S/C3H5OP/c1-2-5-3-4-1/h3H,1-2H2. The van der Waals surface area contributed by atoms with Crippen molar-refractivity contribution in [3.63, 3.8) is 0 Å². The Morgan fingerprint density at radius 3 is 3.00 bits per heavy atom. The summed E-state index contributed by atoms with van der Waals surface area (Å²) in [6, 6.07) is 0. The summed E-state index contributed by atoms with van der Waals surface area (Å²) in [5.74, 6) is 1.83. The van der Waals surface area contributed by atoms with Crippen LogP contribution in [0.2, 0.25) is 0 Å². The molecule has 0 amide bonds. The highest BCUT2D eigenvalue weighted by atomic mass is 31.1. The van der Waals surface area contributed by atoms with Crippen molar-refractivity contribution in [3.8, 4) is 0 Å². The third-order valence-corrected chi connectivity index (χ3v) is 1.23. The highest BCUT2D eigenvalue weighted by Crippen LogP contribution is 1.99. The van der Waals surface area contributed by atoms with E-state index in [1.54, 1.807) is 0 Å². The molecule has 0 N–H and O–H groups in total. The lowest BCUT2D eigenvalue weighted by Crippen LogP contribution is -1.79. The molecule has 1 heterocycles. The van der Waals surface area contributed by atoms with Crippen LogP contribution in [-0.4, -0.2) is 18.8 Å². The van der Waals surface area contributed by atoms with Crippen molar-refractivity contribution in [2.24, 2.45) is 0 Å². The molecule has 2 heteroatoms. The van der Waals surface area contributed by atoms with E-state index in [0.29, 0.717) is 0 Å². The van der Waals surface area contributed by atoms with Crippen molar-refractivity contribution in [2.45, 2.75) is 0 Å². The monoisotopic (exact) mass is 88.0 g/mol. The summed E-state index contributed by atoms with van der Waals surface area (Å²) >= 11 is 0. The molecular weight excluding hydrogens is 83.0 g/mol. The fraction of sp³-hybridized carbons (Fsp3) is 0.667. The Morgan fingerprint density at radius 2 is 2.80 bits per heavy atom. The number of hydrogen-bond acceptors (Lipinski definition) is 1. The molecule has 0 aromatic heterocycles. The first-order chi connectivity index (χ1) is 2.50. The molecular formula is C3H5OP. The first-order valence-electron chi connectivity index (χ1n) is 1.60. The second kappa shape index (κ2) is 1.54. The van der Waals surface area contributed by atoms with Gasteiger partial charge < -0.3 is 4.74 Å². The lowest BCUT2D eigenvalue weighted by molar-refractivity contribution is 0.363. The van der Waals surface area contributed by atoms with Gasteiger partial charge >= 0.3 is 0 Å². The molecule has 0 fully saturated rings. The van der Waals surface area contributed by atoms with E-state index in [9.17, 15) is 0 Å². The van der Waals surface area contributed by atoms with Crippen LogP contribution in [0.1, 0.15) is 0 Å². The lowest BCUT2D eigenvalue weighted by Gasteiger charge is -1.73. The van der Waals surface area contributed by atoms with Crippen LogP contribution < -0.4 is 0 Å². The minimum absolute atomic E-state index is 0.932. The van der Waals surface area contributed by atoms with Gasteiger partial charge in [0.2, 0.25) is 0 Å². The fourth-order valence-corrected chi connectivity index (χ4v) is 0.791. The van der Waals surface area contributed by atoms with Crippen LogP contribution >= 0.6 is 8.20 Å². The zero-order chi connectivity index (χ0) is 3.54. The van der Waals surface area contributed by atoms with Gasteiger partial charge in [-0.1, -0.05) is 8.20 Å². The maximum atomic E-state index is 4.81. The van der Waals surface area contributed by atoms with Crippen molar-refractivity contribution >= 4 is 14.2 Å². The molecule has 0 unspecified atom stereocenters. The van der Waals surface area contributed by atoms with E-state index in [4.69, 9.17) is 4.74 Å². The van der Waals surface area contributed by atoms with E-state index in [1.165, 1.54) is 14.4 Å². The quantitative estimate of drug-likeness (QED) is 0.396. The van der Waals surface area contributed by atoms with Gasteiger partial charge in [0.15, 0.2) is 0 Å². The largest absolute Gasteiger partial charge is 0.349 e. The van der Waals surface area contributed by atoms with Gasteiger partial charge in [-0.2, -0.15) is 0 Å². The highest BCUT2D eigenvalue weighted by molar-refractivity contribution is 7.38. The SMILES string of the molecule is C1=PCCO1. The Labute approximate surface area is 32.7 Å². The van der Waals surface area contributed by atoms with E-state index in [1.807, 2.05) is 5.98 Å². The molecule has 0 radical (unpaired) electrons. The van der Waals surface area contributed by atoms with Crippen LogP contribution in [0.4, 0.5) is 0 Å². The van der Waals surface area contributed by atoms with Crippen LogP contribution in [0, 0.1) is 0 Å². The van der Waals surface area contributed by atoms with Crippen LogP contribution in [0.3, 0.4) is 0 Å². The van der Waals surface area contributed by atoms with Crippen molar-refractivity contribution in [3.05, 3.63) is 0 Å². The zero-order valence-electron chi connectivity index (χ0n) is 2.85. The molecule has 1 aliphatic rings. The van der Waals surface area contributed by atoms with Gasteiger partial charge in [-0.15, -0.1) is 0 Å². The first-order valence-corrected chi connectivity index (χ1v) is 2.75. The number of rotatable bonds is 0. The average molecular weight is 88.0 g/mol. The molecule has 0 aliphatic carbocycles. The van der Waals surface area contributed by atoms with Gasteiger partial charge in [0.1, 0.15) is 0 Å². The Kier molecular flexibility index (Phi) is 1.02. The predicted molar refractivity (Wildman–Crippen MR) is 23.8 cm³/mol. The van der Waals surface area contributed by atoms with Gasteiger partial charge in [0.05, 0.1) is 12.6 Å². The minimum Gasteiger partial charge on any atom is -0.349 e. The van der Waals surface area contributed by atoms with E-state index >= 15 is 0 Å². The van der Waals surface area contributed by atoms with Crippen molar-refractivity contribution in [1.82, 2.24) is 0 Å². The smallest absolute Gasteiger partial charge is 0.0615 e. The molecule has 0 aromatic rings.